The van der Waals surface area contributed by atoms with Gasteiger partial charge in [-0.2, -0.15) is 5.01 Å². The fourth-order valence-electron chi connectivity index (χ4n) is 9.16. The Kier molecular flexibility index (Phi) is 9.14. The van der Waals surface area contributed by atoms with Crippen molar-refractivity contribution in [3.63, 3.8) is 0 Å². The van der Waals surface area contributed by atoms with Crippen molar-refractivity contribution in [3.8, 4) is 17.2 Å². The number of carbonyl (C=O) groups excluding carboxylic acids is 4. The molecule has 8 rings (SSSR count). The first-order valence-electron chi connectivity index (χ1n) is 17.9. The maximum Gasteiger partial charge on any atom is 0.260 e. The number of halogens is 2. The van der Waals surface area contributed by atoms with Gasteiger partial charge in [-0.05, 0) is 73.2 Å². The predicted molar refractivity (Wildman–Crippen MR) is 202 cm³/mol. The van der Waals surface area contributed by atoms with Crippen molar-refractivity contribution in [1.82, 2.24) is 9.91 Å². The van der Waals surface area contributed by atoms with Crippen molar-refractivity contribution in [2.45, 2.75) is 37.7 Å². The molecule has 2 aliphatic heterocycles. The van der Waals surface area contributed by atoms with Crippen molar-refractivity contribution >= 4 is 52.5 Å². The monoisotopic (exact) mass is 765 g/mol. The van der Waals surface area contributed by atoms with E-state index in [2.05, 4.69) is 5.43 Å². The molecule has 12 heteroatoms. The number of phenolic OH excluding ortho intramolecular Hbond substituents is 1. The molecule has 1 saturated carbocycles. The number of carbonyl (C=O) groups is 4. The van der Waals surface area contributed by atoms with Gasteiger partial charge in [-0.25, -0.2) is 0 Å². The molecule has 2 aliphatic carbocycles. The standard InChI is InChI=1S/C42H37Cl2N3O7/c1-3-46-38(49)30-17-16-28-31(36(30)40(46)51)21-32-39(50)47(45-34-18-11-25(43)19-33(34)44)41(52)42(32,24-9-12-26(53-2)13-10-24)37(28)29-15-14-27(20-35(29)48)54-22-23-7-5-4-6-8-23/h4-16,18-20,30-32,36-37,45,48H,3,17,21-22H2,1-2H3/t30-,31+,32-,36-,37+,42+/m0/s1. The van der Waals surface area contributed by atoms with Crippen LogP contribution in [0.25, 0.3) is 0 Å². The van der Waals surface area contributed by atoms with Crippen LogP contribution in [0, 0.1) is 23.7 Å². The topological polar surface area (TPSA) is 125 Å². The van der Waals surface area contributed by atoms with E-state index in [0.29, 0.717) is 27.6 Å². The van der Waals surface area contributed by atoms with Gasteiger partial charge in [0.05, 0.1) is 41.0 Å². The SMILES string of the molecule is CCN1C(=O)[C@H]2[C@H](CC=C3[C@H]2C[C@H]2C(=O)N(Nc4ccc(Cl)cc4Cl)C(=O)[C@@]2(c2ccc(OC)cc2)[C@H]3c2ccc(OCc3ccccc3)cc2O)C1=O. The molecule has 2 heterocycles. The van der Waals surface area contributed by atoms with Gasteiger partial charge in [0, 0.05) is 29.1 Å². The molecule has 4 aromatic rings. The van der Waals surface area contributed by atoms with Crippen LogP contribution in [0.15, 0.2) is 103 Å². The first-order valence-corrected chi connectivity index (χ1v) is 18.6. The van der Waals surface area contributed by atoms with E-state index < -0.39 is 46.8 Å². The highest BCUT2D eigenvalue weighted by molar-refractivity contribution is 6.36. The number of methoxy groups -OCH3 is 1. The highest BCUT2D eigenvalue weighted by Gasteiger charge is 2.70. The quantitative estimate of drug-likeness (QED) is 0.135. The summed E-state index contributed by atoms with van der Waals surface area (Å²) in [6.45, 7) is 2.27. The summed E-state index contributed by atoms with van der Waals surface area (Å²) in [6, 6.07) is 26.3. The van der Waals surface area contributed by atoms with E-state index in [1.165, 1.54) is 24.1 Å². The van der Waals surface area contributed by atoms with Crippen molar-refractivity contribution in [2.24, 2.45) is 23.7 Å². The zero-order chi connectivity index (χ0) is 37.9. The molecule has 6 atom stereocenters. The van der Waals surface area contributed by atoms with Crippen molar-refractivity contribution in [1.29, 1.82) is 0 Å². The van der Waals surface area contributed by atoms with Gasteiger partial charge >= 0.3 is 0 Å². The Morgan fingerprint density at radius 1 is 0.870 bits per heavy atom. The Balaban J connectivity index is 1.31. The third kappa shape index (κ3) is 5.53. The van der Waals surface area contributed by atoms with Crippen LogP contribution in [0.4, 0.5) is 5.69 Å². The van der Waals surface area contributed by atoms with Crippen LogP contribution >= 0.6 is 23.2 Å². The van der Waals surface area contributed by atoms with Crippen molar-refractivity contribution in [3.05, 3.63) is 129 Å². The number of nitrogens with one attached hydrogen (secondary N) is 1. The number of benzene rings is 4. The second kappa shape index (κ2) is 13.8. The summed E-state index contributed by atoms with van der Waals surface area (Å²) in [5, 5.41) is 13.5. The maximum absolute atomic E-state index is 15.4. The number of hydrazine groups is 1. The Labute approximate surface area is 322 Å². The zero-order valence-corrected chi connectivity index (χ0v) is 31.0. The number of ether oxygens (including phenoxy) is 2. The minimum Gasteiger partial charge on any atom is -0.508 e. The lowest BCUT2D eigenvalue weighted by Crippen LogP contribution is -2.53. The molecular formula is C42H37Cl2N3O7. The van der Waals surface area contributed by atoms with Crippen LogP contribution in [0.2, 0.25) is 10.0 Å². The third-order valence-corrected chi connectivity index (χ3v) is 12.1. The molecule has 10 nitrogen and oxygen atoms in total. The van der Waals surface area contributed by atoms with E-state index in [4.69, 9.17) is 32.7 Å². The van der Waals surface area contributed by atoms with Gasteiger partial charge in [-0.15, -0.1) is 0 Å². The van der Waals surface area contributed by atoms with Crippen molar-refractivity contribution < 1.29 is 33.8 Å². The molecule has 0 radical (unpaired) electrons. The Bertz CT molecular complexity index is 2210. The Morgan fingerprint density at radius 2 is 1.61 bits per heavy atom. The van der Waals surface area contributed by atoms with Crippen LogP contribution < -0.4 is 14.9 Å². The van der Waals surface area contributed by atoms with Crippen LogP contribution in [0.3, 0.4) is 0 Å². The Hall–Kier alpha value is -5.32. The van der Waals surface area contributed by atoms with Gasteiger partial charge in [-0.1, -0.05) is 83.4 Å². The van der Waals surface area contributed by atoms with E-state index in [-0.39, 0.29) is 54.3 Å². The third-order valence-electron chi connectivity index (χ3n) is 11.5. The zero-order valence-electron chi connectivity index (χ0n) is 29.5. The predicted octanol–water partition coefficient (Wildman–Crippen LogP) is 7.29. The van der Waals surface area contributed by atoms with E-state index in [0.717, 1.165) is 16.1 Å². The molecule has 0 spiro atoms. The average Bonchev–Trinajstić information content (AvgIpc) is 3.55. The molecular weight excluding hydrogens is 729 g/mol. The fraction of sp³-hybridized carbons (Fsp3) is 0.286. The molecule has 2 N–H and O–H groups in total. The summed E-state index contributed by atoms with van der Waals surface area (Å²) < 4.78 is 11.5. The lowest BCUT2D eigenvalue weighted by Gasteiger charge is -2.50. The summed E-state index contributed by atoms with van der Waals surface area (Å²) in [5.41, 5.74) is 4.25. The van der Waals surface area contributed by atoms with E-state index in [1.54, 1.807) is 55.5 Å². The first kappa shape index (κ1) is 35.7. The van der Waals surface area contributed by atoms with Gasteiger partial charge in [0.15, 0.2) is 0 Å². The molecule has 54 heavy (non-hydrogen) atoms. The van der Waals surface area contributed by atoms with Crippen molar-refractivity contribution in [2.75, 3.05) is 19.1 Å². The van der Waals surface area contributed by atoms with Crippen LogP contribution in [-0.2, 0) is 31.2 Å². The number of rotatable bonds is 9. The van der Waals surface area contributed by atoms with Crippen LogP contribution in [0.1, 0.15) is 42.4 Å². The highest BCUT2D eigenvalue weighted by Crippen LogP contribution is 2.65. The number of allylic oxidation sites excluding steroid dienone is 2. The number of hydrogen-bond acceptors (Lipinski definition) is 8. The molecule has 3 fully saturated rings. The lowest BCUT2D eigenvalue weighted by atomic mass is 9.49. The van der Waals surface area contributed by atoms with E-state index >= 15 is 4.79 Å². The molecule has 2 saturated heterocycles. The van der Waals surface area contributed by atoms with Gasteiger partial charge in [-0.3, -0.25) is 29.5 Å². The first-order chi connectivity index (χ1) is 26.1. The number of aromatic hydroxyl groups is 1. The van der Waals surface area contributed by atoms with Gasteiger partial charge in [0.25, 0.3) is 11.8 Å². The Morgan fingerprint density at radius 3 is 2.30 bits per heavy atom. The van der Waals surface area contributed by atoms with Crippen LogP contribution in [0.5, 0.6) is 17.2 Å². The molecule has 4 aliphatic rings. The van der Waals surface area contributed by atoms with Gasteiger partial charge in [0.2, 0.25) is 11.8 Å². The number of fused-ring (bicyclic) bond motifs is 4. The number of hydrogen-bond donors (Lipinski definition) is 2. The molecule has 0 bridgehead atoms. The summed E-state index contributed by atoms with van der Waals surface area (Å²) in [5.74, 6) is -4.62. The van der Waals surface area contributed by atoms with Gasteiger partial charge < -0.3 is 14.6 Å². The number of phenols is 1. The summed E-state index contributed by atoms with van der Waals surface area (Å²) in [7, 11) is 1.54. The molecule has 0 unspecified atom stereocenters. The lowest BCUT2D eigenvalue weighted by molar-refractivity contribution is -0.141. The van der Waals surface area contributed by atoms with E-state index in [1.807, 2.05) is 36.4 Å². The largest absolute Gasteiger partial charge is 0.508 e. The summed E-state index contributed by atoms with van der Waals surface area (Å²) in [6.07, 6.45) is 2.34. The normalized spacial score (nSPS) is 25.9. The molecule has 0 aromatic heterocycles. The molecule has 276 valence electrons. The average molecular weight is 767 g/mol. The molecule has 4 amide bonds. The number of imide groups is 2. The minimum absolute atomic E-state index is 0.113. The second-order valence-electron chi connectivity index (χ2n) is 14.1. The number of amides is 4. The van der Waals surface area contributed by atoms with E-state index in [9.17, 15) is 19.5 Å². The number of likely N-dealkylation sites (tertiary alicyclic amines) is 1. The number of anilines is 1. The highest BCUT2D eigenvalue weighted by atomic mass is 35.5. The minimum atomic E-state index is -1.61. The van der Waals surface area contributed by atoms with Crippen LogP contribution in [-0.4, -0.2) is 52.3 Å². The summed E-state index contributed by atoms with van der Waals surface area (Å²) >= 11 is 12.7. The smallest absolute Gasteiger partial charge is 0.260 e. The summed E-state index contributed by atoms with van der Waals surface area (Å²) in [4.78, 5) is 59.1. The number of nitrogens with zero attached hydrogens (tertiary/aromatic N) is 2. The fourth-order valence-corrected chi connectivity index (χ4v) is 9.61. The van der Waals surface area contributed by atoms with Gasteiger partial charge in [0.1, 0.15) is 23.9 Å². The second-order valence-corrected chi connectivity index (χ2v) is 15.0. The molecule has 4 aromatic carbocycles. The maximum atomic E-state index is 15.4.